The number of terminal acetylenes is 1. The number of hydrogen-bond donors (Lipinski definition) is 2. The molecule has 3 rings (SSSR count). The summed E-state index contributed by atoms with van der Waals surface area (Å²) in [5.74, 6) is -3.12. The van der Waals surface area contributed by atoms with Crippen LogP contribution < -0.4 is 10.6 Å². The van der Waals surface area contributed by atoms with Gasteiger partial charge in [-0.05, 0) is 69.8 Å². The highest BCUT2D eigenvalue weighted by Gasteiger charge is 2.46. The van der Waals surface area contributed by atoms with Crippen molar-refractivity contribution < 1.29 is 43.0 Å². The molecule has 1 aromatic carbocycles. The van der Waals surface area contributed by atoms with Gasteiger partial charge in [0.1, 0.15) is 36.3 Å². The molecular formula is C45H67N5O9. The average molecular weight is 822 g/mol. The van der Waals surface area contributed by atoms with Gasteiger partial charge in [0.15, 0.2) is 6.10 Å². The molecule has 2 unspecified atom stereocenters. The second kappa shape index (κ2) is 21.4. The number of esters is 2. The lowest BCUT2D eigenvalue weighted by Crippen LogP contribution is -2.60. The minimum atomic E-state index is -1.40. The third-order valence-corrected chi connectivity index (χ3v) is 12.0. The van der Waals surface area contributed by atoms with E-state index in [4.69, 9.17) is 15.9 Å². The normalized spacial score (nSPS) is 27.6. The van der Waals surface area contributed by atoms with E-state index in [1.165, 1.54) is 35.7 Å². The van der Waals surface area contributed by atoms with Crippen molar-refractivity contribution in [3.8, 4) is 12.3 Å². The number of nitrogens with zero attached hydrogens (tertiary/aromatic N) is 3. The van der Waals surface area contributed by atoms with E-state index in [2.05, 4.69) is 16.6 Å². The number of carbonyl (C=O) groups excluding carboxylic acids is 7. The molecule has 0 saturated carbocycles. The first-order chi connectivity index (χ1) is 27.7. The zero-order valence-electron chi connectivity index (χ0n) is 36.9. The number of unbranched alkanes of at least 4 members (excludes halogenated alkanes) is 1. The van der Waals surface area contributed by atoms with Gasteiger partial charge in [0.05, 0.1) is 5.41 Å². The van der Waals surface area contributed by atoms with Crippen LogP contribution in [0.15, 0.2) is 30.3 Å². The molecule has 326 valence electrons. The van der Waals surface area contributed by atoms with E-state index in [1.807, 2.05) is 13.0 Å². The lowest BCUT2D eigenvalue weighted by atomic mass is 9.81. The van der Waals surface area contributed by atoms with Crippen LogP contribution in [0.25, 0.3) is 0 Å². The molecule has 0 spiro atoms. The zero-order valence-corrected chi connectivity index (χ0v) is 36.9. The summed E-state index contributed by atoms with van der Waals surface area (Å²) in [6.45, 7) is 15.7. The number of rotatable bonds is 9. The van der Waals surface area contributed by atoms with E-state index in [0.29, 0.717) is 37.7 Å². The standard InChI is InChI=1S/C45H67N5O9/c1-13-15-17-24-34-45(9,10)44(57)47-35(27(3)4)41(54)49(12)37(28(5)6)43(56)58-33(26-31-21-18-16-19-22-31)40(53)50-25-20-23-32(50)39(52)48(11)30(8)38(51)46-36(29(7)14-2)42(55)59-34/h1,16,18-19,21-22,27-30,32-37H,14-15,17,20,23-26H2,2-12H3,(H,46,51)(H,47,57)/t29?,30-,32-,33-,34-,35-,36?,37-/m0/s1. The van der Waals surface area contributed by atoms with Crippen LogP contribution in [0, 0.1) is 35.5 Å². The van der Waals surface area contributed by atoms with Crippen molar-refractivity contribution in [2.75, 3.05) is 20.6 Å². The first-order valence-corrected chi connectivity index (χ1v) is 21.0. The third kappa shape index (κ3) is 11.9. The lowest BCUT2D eigenvalue weighted by molar-refractivity contribution is -0.169. The molecule has 2 N–H and O–H groups in total. The smallest absolute Gasteiger partial charge is 0.329 e. The van der Waals surface area contributed by atoms with Gasteiger partial charge in [-0.3, -0.25) is 24.0 Å². The van der Waals surface area contributed by atoms with Crippen LogP contribution in [0.1, 0.15) is 106 Å². The zero-order chi connectivity index (χ0) is 44.4. The highest BCUT2D eigenvalue weighted by Crippen LogP contribution is 2.31. The Morgan fingerprint density at radius 2 is 1.49 bits per heavy atom. The van der Waals surface area contributed by atoms with Crippen LogP contribution in [0.5, 0.6) is 0 Å². The molecule has 5 amide bonds. The first-order valence-electron chi connectivity index (χ1n) is 21.0. The predicted molar refractivity (Wildman–Crippen MR) is 223 cm³/mol. The molecule has 2 saturated heterocycles. The average Bonchev–Trinajstić information content (AvgIpc) is 3.69. The van der Waals surface area contributed by atoms with Gasteiger partial charge < -0.3 is 34.8 Å². The van der Waals surface area contributed by atoms with Gasteiger partial charge in [0.2, 0.25) is 23.6 Å². The van der Waals surface area contributed by atoms with Crippen molar-refractivity contribution in [3.63, 3.8) is 0 Å². The van der Waals surface area contributed by atoms with Crippen LogP contribution in [0.3, 0.4) is 0 Å². The summed E-state index contributed by atoms with van der Waals surface area (Å²) in [4.78, 5) is 104. The van der Waals surface area contributed by atoms with Gasteiger partial charge in [-0.15, -0.1) is 12.3 Å². The van der Waals surface area contributed by atoms with E-state index in [-0.39, 0.29) is 19.4 Å². The summed E-state index contributed by atoms with van der Waals surface area (Å²) in [6.07, 6.45) is 5.51. The van der Waals surface area contributed by atoms with Gasteiger partial charge in [0.25, 0.3) is 5.91 Å². The maximum atomic E-state index is 14.5. The second-order valence-corrected chi connectivity index (χ2v) is 17.4. The Bertz CT molecular complexity index is 1710. The summed E-state index contributed by atoms with van der Waals surface area (Å²) >= 11 is 0. The molecule has 59 heavy (non-hydrogen) atoms. The quantitative estimate of drug-likeness (QED) is 0.213. The predicted octanol–water partition coefficient (Wildman–Crippen LogP) is 3.89. The van der Waals surface area contributed by atoms with Gasteiger partial charge in [0, 0.05) is 33.5 Å². The van der Waals surface area contributed by atoms with Crippen LogP contribution in [-0.4, -0.2) is 119 Å². The Balaban J connectivity index is 2.19. The molecule has 1 aromatic rings. The number of nitrogens with one attached hydrogen (secondary N) is 2. The van der Waals surface area contributed by atoms with Crippen molar-refractivity contribution in [2.45, 2.75) is 150 Å². The van der Waals surface area contributed by atoms with Crippen LogP contribution in [-0.2, 0) is 49.5 Å². The number of benzene rings is 1. The molecule has 0 aromatic heterocycles. The summed E-state index contributed by atoms with van der Waals surface area (Å²) < 4.78 is 12.2. The molecule has 2 heterocycles. The number of hydrogen-bond acceptors (Lipinski definition) is 9. The fourth-order valence-corrected chi connectivity index (χ4v) is 7.63. The van der Waals surface area contributed by atoms with Crippen molar-refractivity contribution in [1.82, 2.24) is 25.3 Å². The topological polar surface area (TPSA) is 172 Å². The molecule has 0 aliphatic carbocycles. The van der Waals surface area contributed by atoms with Crippen molar-refractivity contribution in [3.05, 3.63) is 35.9 Å². The van der Waals surface area contributed by atoms with Crippen molar-refractivity contribution in [2.24, 2.45) is 23.2 Å². The number of amides is 5. The van der Waals surface area contributed by atoms with E-state index in [9.17, 15) is 33.6 Å². The molecular weight excluding hydrogens is 755 g/mol. The Labute approximate surface area is 350 Å². The maximum absolute atomic E-state index is 14.5. The monoisotopic (exact) mass is 821 g/mol. The highest BCUT2D eigenvalue weighted by atomic mass is 16.6. The minimum Gasteiger partial charge on any atom is -0.460 e. The molecule has 2 fully saturated rings. The van der Waals surface area contributed by atoms with E-state index in [1.54, 1.807) is 72.7 Å². The Kier molecular flexibility index (Phi) is 17.5. The number of ether oxygens (including phenoxy) is 2. The Morgan fingerprint density at radius 1 is 0.847 bits per heavy atom. The molecule has 8 atom stereocenters. The molecule has 2 aliphatic rings. The number of fused-ring (bicyclic) bond motifs is 1. The molecule has 14 heteroatoms. The largest absolute Gasteiger partial charge is 0.460 e. The Morgan fingerprint density at radius 3 is 2.07 bits per heavy atom. The SMILES string of the molecule is C#CCCC[C@@H]1OC(=O)C(C(C)CC)NC(=O)[C@H](C)N(C)C(=O)[C@@H]2CCCN2C(=O)[C@H](Cc2ccccc2)OC(=O)[C@H](C(C)C)N(C)C(=O)[C@H](C(C)C)NC(=O)C1(C)C. The summed E-state index contributed by atoms with van der Waals surface area (Å²) in [6, 6.07) is 3.64. The Hall–Kier alpha value is -4.93. The van der Waals surface area contributed by atoms with E-state index in [0.717, 1.165) is 0 Å². The summed E-state index contributed by atoms with van der Waals surface area (Å²) in [5, 5.41) is 5.70. The van der Waals surface area contributed by atoms with Crippen LogP contribution >= 0.6 is 0 Å². The van der Waals surface area contributed by atoms with Crippen LogP contribution in [0.4, 0.5) is 0 Å². The van der Waals surface area contributed by atoms with E-state index < -0.39 is 107 Å². The molecule has 0 radical (unpaired) electrons. The van der Waals surface area contributed by atoms with Gasteiger partial charge >= 0.3 is 11.9 Å². The molecule has 0 bridgehead atoms. The number of likely N-dealkylation sites (N-methyl/N-ethyl adjacent to an activating group) is 2. The second-order valence-electron chi connectivity index (χ2n) is 17.4. The lowest BCUT2D eigenvalue weighted by Gasteiger charge is -2.38. The van der Waals surface area contributed by atoms with Gasteiger partial charge in [-0.1, -0.05) is 78.3 Å². The molecule has 2 aliphatic heterocycles. The number of cyclic esters (lactones) is 2. The van der Waals surface area contributed by atoms with Crippen molar-refractivity contribution in [1.29, 1.82) is 0 Å². The maximum Gasteiger partial charge on any atom is 0.329 e. The highest BCUT2D eigenvalue weighted by molar-refractivity contribution is 5.96. The van der Waals surface area contributed by atoms with E-state index >= 15 is 0 Å². The third-order valence-electron chi connectivity index (χ3n) is 12.0. The van der Waals surface area contributed by atoms with Gasteiger partial charge in [-0.25, -0.2) is 9.59 Å². The first kappa shape index (κ1) is 48.4. The van der Waals surface area contributed by atoms with Crippen molar-refractivity contribution >= 4 is 41.5 Å². The number of carbonyl (C=O) groups is 7. The van der Waals surface area contributed by atoms with Gasteiger partial charge in [-0.2, -0.15) is 0 Å². The van der Waals surface area contributed by atoms with Crippen LogP contribution in [0.2, 0.25) is 0 Å². The summed E-state index contributed by atoms with van der Waals surface area (Å²) in [7, 11) is 2.94. The fourth-order valence-electron chi connectivity index (χ4n) is 7.63. The molecule has 14 nitrogen and oxygen atoms in total. The fraction of sp³-hybridized carbons (Fsp3) is 0.667. The minimum absolute atomic E-state index is 0.00924. The summed E-state index contributed by atoms with van der Waals surface area (Å²) in [5.41, 5.74) is -0.682.